The fourth-order valence-electron chi connectivity index (χ4n) is 2.32. The summed E-state index contributed by atoms with van der Waals surface area (Å²) in [5.41, 5.74) is 1.08. The molecule has 0 saturated heterocycles. The average Bonchev–Trinajstić information content (AvgIpc) is 3.13. The van der Waals surface area contributed by atoms with Gasteiger partial charge in [-0.15, -0.1) is 0 Å². The van der Waals surface area contributed by atoms with E-state index in [0.717, 1.165) is 30.9 Å². The second-order valence-corrected chi connectivity index (χ2v) is 5.55. The summed E-state index contributed by atoms with van der Waals surface area (Å²) in [4.78, 5) is 0. The Morgan fingerprint density at radius 2 is 2.24 bits per heavy atom. The van der Waals surface area contributed by atoms with Crippen molar-refractivity contribution in [3.05, 3.63) is 34.1 Å². The van der Waals surface area contributed by atoms with E-state index in [1.165, 1.54) is 18.9 Å². The van der Waals surface area contributed by atoms with Gasteiger partial charge in [0.05, 0.1) is 4.47 Å². The monoisotopic (exact) mass is 299 g/mol. The Morgan fingerprint density at radius 3 is 2.88 bits per heavy atom. The summed E-state index contributed by atoms with van der Waals surface area (Å²) in [6, 6.07) is 5.89. The quantitative estimate of drug-likeness (QED) is 0.840. The first kappa shape index (κ1) is 13.0. The van der Waals surface area contributed by atoms with Crippen molar-refractivity contribution in [2.24, 2.45) is 5.92 Å². The molecule has 1 N–H and O–H groups in total. The van der Waals surface area contributed by atoms with Gasteiger partial charge in [0.1, 0.15) is 5.82 Å². The highest BCUT2D eigenvalue weighted by Crippen LogP contribution is 2.35. The van der Waals surface area contributed by atoms with E-state index in [2.05, 4.69) is 28.2 Å². The first-order chi connectivity index (χ1) is 8.22. The third kappa shape index (κ3) is 3.52. The van der Waals surface area contributed by atoms with Crippen molar-refractivity contribution in [1.82, 2.24) is 5.32 Å². The van der Waals surface area contributed by atoms with Crippen LogP contribution in [0.3, 0.4) is 0 Å². The lowest BCUT2D eigenvalue weighted by atomic mass is 10.0. The van der Waals surface area contributed by atoms with Crippen LogP contribution in [0.25, 0.3) is 0 Å². The Kier molecular flexibility index (Phi) is 4.57. The third-order valence-corrected chi connectivity index (χ3v) is 4.30. The van der Waals surface area contributed by atoms with Gasteiger partial charge in [-0.2, -0.15) is 0 Å². The molecule has 0 aliphatic heterocycles. The van der Waals surface area contributed by atoms with Gasteiger partial charge in [-0.05, 0) is 65.7 Å². The zero-order chi connectivity index (χ0) is 12.3. The zero-order valence-electron chi connectivity index (χ0n) is 10.2. The summed E-state index contributed by atoms with van der Waals surface area (Å²) in [6.45, 7) is 3.17. The molecule has 1 aliphatic rings. The van der Waals surface area contributed by atoms with E-state index in [9.17, 15) is 4.39 Å². The van der Waals surface area contributed by atoms with Crippen molar-refractivity contribution in [1.29, 1.82) is 0 Å². The summed E-state index contributed by atoms with van der Waals surface area (Å²) in [5.74, 6) is 0.691. The van der Waals surface area contributed by atoms with Crippen LogP contribution in [0.15, 0.2) is 22.7 Å². The normalized spacial score (nSPS) is 17.1. The van der Waals surface area contributed by atoms with E-state index in [1.54, 1.807) is 6.07 Å². The van der Waals surface area contributed by atoms with Gasteiger partial charge in [0.15, 0.2) is 0 Å². The molecule has 0 radical (unpaired) electrons. The van der Waals surface area contributed by atoms with Crippen molar-refractivity contribution in [2.45, 2.75) is 38.6 Å². The number of hydrogen-bond donors (Lipinski definition) is 1. The minimum atomic E-state index is -0.158. The number of nitrogens with one attached hydrogen (secondary N) is 1. The fourth-order valence-corrected chi connectivity index (χ4v) is 2.78. The minimum absolute atomic E-state index is 0.158. The Hall–Kier alpha value is -0.410. The maximum Gasteiger partial charge on any atom is 0.137 e. The van der Waals surface area contributed by atoms with Crippen LogP contribution >= 0.6 is 15.9 Å². The molecule has 1 aromatic carbocycles. The van der Waals surface area contributed by atoms with Gasteiger partial charge in [-0.25, -0.2) is 4.39 Å². The van der Waals surface area contributed by atoms with Crippen LogP contribution in [0.2, 0.25) is 0 Å². The van der Waals surface area contributed by atoms with Crippen LogP contribution in [0, 0.1) is 11.7 Å². The summed E-state index contributed by atoms with van der Waals surface area (Å²) in [7, 11) is 0. The lowest BCUT2D eigenvalue weighted by molar-refractivity contribution is 0.445. The van der Waals surface area contributed by atoms with Crippen LogP contribution in [0.4, 0.5) is 4.39 Å². The van der Waals surface area contributed by atoms with Gasteiger partial charge in [0, 0.05) is 6.04 Å². The Bertz CT molecular complexity index is 376. The molecule has 3 heteroatoms. The molecule has 1 fully saturated rings. The number of aryl methyl sites for hydroxylation is 1. The SMILES string of the molecule is CCNC(CCc1cccc(F)c1Br)C1CC1. The van der Waals surface area contributed by atoms with Crippen molar-refractivity contribution < 1.29 is 4.39 Å². The minimum Gasteiger partial charge on any atom is -0.314 e. The van der Waals surface area contributed by atoms with E-state index in [4.69, 9.17) is 0 Å². The topological polar surface area (TPSA) is 12.0 Å². The number of hydrogen-bond acceptors (Lipinski definition) is 1. The van der Waals surface area contributed by atoms with Crippen LogP contribution in [-0.4, -0.2) is 12.6 Å². The molecule has 0 amide bonds. The molecule has 1 aliphatic carbocycles. The fraction of sp³-hybridized carbons (Fsp3) is 0.571. The summed E-state index contributed by atoms with van der Waals surface area (Å²) in [5, 5.41) is 3.54. The predicted octanol–water partition coefficient (Wildman–Crippen LogP) is 3.91. The first-order valence-corrected chi connectivity index (χ1v) is 7.18. The molecule has 0 aromatic heterocycles. The van der Waals surface area contributed by atoms with Crippen LogP contribution < -0.4 is 5.32 Å². The molecule has 1 saturated carbocycles. The molecular weight excluding hydrogens is 281 g/mol. The third-order valence-electron chi connectivity index (χ3n) is 3.41. The van der Waals surface area contributed by atoms with E-state index in [-0.39, 0.29) is 5.82 Å². The molecule has 2 rings (SSSR count). The number of rotatable bonds is 6. The van der Waals surface area contributed by atoms with Gasteiger partial charge in [-0.3, -0.25) is 0 Å². The van der Waals surface area contributed by atoms with Crippen LogP contribution in [-0.2, 0) is 6.42 Å². The van der Waals surface area contributed by atoms with E-state index in [0.29, 0.717) is 10.5 Å². The summed E-state index contributed by atoms with van der Waals surface area (Å²) < 4.78 is 14.0. The van der Waals surface area contributed by atoms with Gasteiger partial charge < -0.3 is 5.32 Å². The van der Waals surface area contributed by atoms with Crippen molar-refractivity contribution in [3.8, 4) is 0 Å². The first-order valence-electron chi connectivity index (χ1n) is 6.38. The molecule has 94 valence electrons. The van der Waals surface area contributed by atoms with E-state index >= 15 is 0 Å². The highest BCUT2D eigenvalue weighted by Gasteiger charge is 2.30. The lowest BCUT2D eigenvalue weighted by Gasteiger charge is -2.17. The second-order valence-electron chi connectivity index (χ2n) is 4.75. The molecular formula is C14H19BrFN. The summed E-state index contributed by atoms with van der Waals surface area (Å²) >= 11 is 3.33. The molecule has 17 heavy (non-hydrogen) atoms. The zero-order valence-corrected chi connectivity index (χ0v) is 11.8. The largest absolute Gasteiger partial charge is 0.314 e. The van der Waals surface area contributed by atoms with Crippen molar-refractivity contribution >= 4 is 15.9 Å². The highest BCUT2D eigenvalue weighted by molar-refractivity contribution is 9.10. The lowest BCUT2D eigenvalue weighted by Crippen LogP contribution is -2.31. The van der Waals surface area contributed by atoms with Gasteiger partial charge in [0.2, 0.25) is 0 Å². The molecule has 1 unspecified atom stereocenters. The second kappa shape index (κ2) is 5.96. The maximum atomic E-state index is 13.4. The van der Waals surface area contributed by atoms with Gasteiger partial charge in [-0.1, -0.05) is 19.1 Å². The smallest absolute Gasteiger partial charge is 0.137 e. The summed E-state index contributed by atoms with van der Waals surface area (Å²) in [6.07, 6.45) is 4.73. The number of halogens is 2. The Balaban J connectivity index is 1.93. The van der Waals surface area contributed by atoms with Gasteiger partial charge in [0.25, 0.3) is 0 Å². The van der Waals surface area contributed by atoms with Crippen molar-refractivity contribution in [2.75, 3.05) is 6.54 Å². The molecule has 1 aromatic rings. The molecule has 0 spiro atoms. The average molecular weight is 300 g/mol. The molecule has 0 bridgehead atoms. The standard InChI is InChI=1S/C14H19BrFN/c1-2-17-13(10-6-7-10)9-8-11-4-3-5-12(16)14(11)15/h3-5,10,13,17H,2,6-9H2,1H3. The van der Waals surface area contributed by atoms with E-state index < -0.39 is 0 Å². The van der Waals surface area contributed by atoms with Crippen LogP contribution in [0.5, 0.6) is 0 Å². The van der Waals surface area contributed by atoms with Gasteiger partial charge >= 0.3 is 0 Å². The Labute approximate surface area is 111 Å². The van der Waals surface area contributed by atoms with Crippen LogP contribution in [0.1, 0.15) is 31.7 Å². The molecule has 0 heterocycles. The maximum absolute atomic E-state index is 13.4. The molecule has 1 atom stereocenters. The molecule has 1 nitrogen and oxygen atoms in total. The Morgan fingerprint density at radius 1 is 1.47 bits per heavy atom. The van der Waals surface area contributed by atoms with E-state index in [1.807, 2.05) is 6.07 Å². The number of benzene rings is 1. The predicted molar refractivity (Wildman–Crippen MR) is 72.6 cm³/mol. The van der Waals surface area contributed by atoms with Crippen molar-refractivity contribution in [3.63, 3.8) is 0 Å². The highest BCUT2D eigenvalue weighted by atomic mass is 79.9.